The van der Waals surface area contributed by atoms with Gasteiger partial charge >= 0.3 is 6.09 Å². The summed E-state index contributed by atoms with van der Waals surface area (Å²) in [4.78, 5) is 22.1. The minimum Gasteiger partial charge on any atom is -0.504 e. The highest BCUT2D eigenvalue weighted by Crippen LogP contribution is 2.36. The molecule has 1 aliphatic rings. The van der Waals surface area contributed by atoms with Gasteiger partial charge in [0.1, 0.15) is 22.7 Å². The van der Waals surface area contributed by atoms with Gasteiger partial charge < -0.3 is 24.1 Å². The Hall–Kier alpha value is -3.48. The number of nitrogens with zero attached hydrogens (tertiary/aromatic N) is 2. The van der Waals surface area contributed by atoms with Gasteiger partial charge in [-0.2, -0.15) is 0 Å². The zero-order valence-electron chi connectivity index (χ0n) is 19.1. The topological polar surface area (TPSA) is 76.7 Å². The predicted octanol–water partition coefficient (Wildman–Crippen LogP) is 5.83. The Morgan fingerprint density at radius 3 is 2.81 bits per heavy atom. The van der Waals surface area contributed by atoms with Crippen LogP contribution in [0.15, 0.2) is 42.8 Å². The number of carbonyl (C=O) groups excluding carboxylic acids is 1. The normalized spacial score (nSPS) is 16.3. The van der Waals surface area contributed by atoms with Gasteiger partial charge in [-0.25, -0.2) is 9.78 Å². The van der Waals surface area contributed by atoms with Crippen molar-refractivity contribution in [2.24, 2.45) is 0 Å². The summed E-state index contributed by atoms with van der Waals surface area (Å²) >= 11 is 0. The largest absolute Gasteiger partial charge is 0.504 e. The van der Waals surface area contributed by atoms with Crippen molar-refractivity contribution in [3.05, 3.63) is 59.6 Å². The summed E-state index contributed by atoms with van der Waals surface area (Å²) in [6.07, 6.45) is 5.64. The smallest absolute Gasteiger partial charge is 0.410 e. The van der Waals surface area contributed by atoms with Crippen molar-refractivity contribution < 1.29 is 19.0 Å². The number of hydrogen-bond acceptors (Lipinski definition) is 5. The number of aromatic nitrogens is 2. The Morgan fingerprint density at radius 2 is 2.06 bits per heavy atom. The summed E-state index contributed by atoms with van der Waals surface area (Å²) in [5, 5.41) is 0.879. The summed E-state index contributed by atoms with van der Waals surface area (Å²) in [6, 6.07) is 9.78. The molecule has 1 N–H and O–H groups in total. The Kier molecular flexibility index (Phi) is 5.82. The van der Waals surface area contributed by atoms with E-state index in [0.29, 0.717) is 18.0 Å². The summed E-state index contributed by atoms with van der Waals surface area (Å²) in [5.41, 5.74) is 3.38. The standard InChI is InChI=1S/C25H29N3O4/c1-16-20-15-19(7-6-17(20)9-12-28(16)24(29)32-25(2,3)4)31-22-8-11-26-23-21(22)14-18(27-23)10-13-30-5/h6-8,10-11,13-16H,9,12H2,1-5H3,(H,26,27)/b13-10+/t16-/m0/s1. The predicted molar refractivity (Wildman–Crippen MR) is 124 cm³/mol. The molecule has 0 saturated heterocycles. The third kappa shape index (κ3) is 4.56. The molecule has 168 valence electrons. The number of H-pyrrole nitrogens is 1. The first-order valence-corrected chi connectivity index (χ1v) is 10.7. The van der Waals surface area contributed by atoms with Gasteiger partial charge in [-0.1, -0.05) is 6.07 Å². The van der Waals surface area contributed by atoms with Gasteiger partial charge in [0.05, 0.1) is 24.8 Å². The van der Waals surface area contributed by atoms with Crippen molar-refractivity contribution in [1.29, 1.82) is 0 Å². The molecule has 7 heteroatoms. The number of ether oxygens (including phenoxy) is 3. The summed E-state index contributed by atoms with van der Waals surface area (Å²) in [5.74, 6) is 1.42. The molecule has 0 fully saturated rings. The van der Waals surface area contributed by atoms with Crippen molar-refractivity contribution in [1.82, 2.24) is 14.9 Å². The monoisotopic (exact) mass is 435 g/mol. The number of hydrogen-bond donors (Lipinski definition) is 1. The number of aromatic amines is 1. The van der Waals surface area contributed by atoms with E-state index in [-0.39, 0.29) is 12.1 Å². The molecule has 1 atom stereocenters. The van der Waals surface area contributed by atoms with Crippen LogP contribution in [0.3, 0.4) is 0 Å². The van der Waals surface area contributed by atoms with E-state index < -0.39 is 5.60 Å². The van der Waals surface area contributed by atoms with Crippen LogP contribution < -0.4 is 4.74 Å². The van der Waals surface area contributed by atoms with Crippen molar-refractivity contribution in [2.45, 2.75) is 45.8 Å². The molecule has 0 radical (unpaired) electrons. The molecule has 1 amide bonds. The van der Waals surface area contributed by atoms with Gasteiger partial charge in [-0.05, 0) is 75.6 Å². The van der Waals surface area contributed by atoms with Gasteiger partial charge in [0.25, 0.3) is 0 Å². The minimum absolute atomic E-state index is 0.104. The van der Waals surface area contributed by atoms with Gasteiger partial charge in [0.15, 0.2) is 0 Å². The van der Waals surface area contributed by atoms with Crippen LogP contribution in [0.1, 0.15) is 50.6 Å². The van der Waals surface area contributed by atoms with Crippen molar-refractivity contribution in [2.75, 3.05) is 13.7 Å². The van der Waals surface area contributed by atoms with E-state index in [4.69, 9.17) is 14.2 Å². The molecule has 1 aromatic carbocycles. The number of nitrogens with one attached hydrogen (secondary N) is 1. The van der Waals surface area contributed by atoms with E-state index in [1.54, 1.807) is 24.5 Å². The molecule has 0 spiro atoms. The number of amides is 1. The summed E-state index contributed by atoms with van der Waals surface area (Å²) in [6.45, 7) is 8.30. The van der Waals surface area contributed by atoms with E-state index in [1.807, 2.05) is 58.0 Å². The maximum atomic E-state index is 12.7. The van der Waals surface area contributed by atoms with Crippen LogP contribution in [0.4, 0.5) is 4.79 Å². The van der Waals surface area contributed by atoms with E-state index in [9.17, 15) is 4.79 Å². The third-order valence-corrected chi connectivity index (χ3v) is 5.41. The summed E-state index contributed by atoms with van der Waals surface area (Å²) < 4.78 is 16.8. The maximum absolute atomic E-state index is 12.7. The Labute approximate surface area is 188 Å². The first-order valence-electron chi connectivity index (χ1n) is 10.7. The van der Waals surface area contributed by atoms with Crippen LogP contribution in [0, 0.1) is 0 Å². The number of benzene rings is 1. The molecule has 0 saturated carbocycles. The second kappa shape index (κ2) is 8.57. The fourth-order valence-corrected chi connectivity index (χ4v) is 3.90. The fraction of sp³-hybridized carbons (Fsp3) is 0.360. The van der Waals surface area contributed by atoms with Crippen LogP contribution in [0.25, 0.3) is 17.1 Å². The van der Waals surface area contributed by atoms with Crippen LogP contribution in [0.5, 0.6) is 11.5 Å². The van der Waals surface area contributed by atoms with E-state index in [0.717, 1.165) is 28.7 Å². The van der Waals surface area contributed by atoms with Gasteiger partial charge in [-0.15, -0.1) is 0 Å². The molecule has 0 aliphatic carbocycles. The van der Waals surface area contributed by atoms with Crippen LogP contribution in [-0.4, -0.2) is 40.2 Å². The third-order valence-electron chi connectivity index (χ3n) is 5.41. The van der Waals surface area contributed by atoms with Crippen LogP contribution in [-0.2, 0) is 15.9 Å². The number of methoxy groups -OCH3 is 1. The molecule has 3 aromatic rings. The fourth-order valence-electron chi connectivity index (χ4n) is 3.90. The molecular formula is C25H29N3O4. The molecule has 1 aliphatic heterocycles. The lowest BCUT2D eigenvalue weighted by Crippen LogP contribution is -2.42. The lowest BCUT2D eigenvalue weighted by atomic mass is 9.93. The molecule has 4 rings (SSSR count). The van der Waals surface area contributed by atoms with E-state index in [2.05, 4.69) is 16.0 Å². The first kappa shape index (κ1) is 21.7. The average Bonchev–Trinajstić information content (AvgIpc) is 3.15. The number of rotatable bonds is 4. The molecule has 7 nitrogen and oxygen atoms in total. The van der Waals surface area contributed by atoms with Crippen molar-refractivity contribution >= 4 is 23.2 Å². The number of carbonyl (C=O) groups is 1. The van der Waals surface area contributed by atoms with Crippen LogP contribution >= 0.6 is 0 Å². The Balaban J connectivity index is 1.59. The highest BCUT2D eigenvalue weighted by Gasteiger charge is 2.31. The number of fused-ring (bicyclic) bond motifs is 2. The van der Waals surface area contributed by atoms with Gasteiger partial charge in [-0.3, -0.25) is 0 Å². The highest BCUT2D eigenvalue weighted by molar-refractivity contribution is 5.85. The second-order valence-corrected chi connectivity index (χ2v) is 8.90. The SMILES string of the molecule is CO/C=C/c1cc2c(Oc3ccc4c(c3)[C@H](C)N(C(=O)OC(C)(C)C)CC4)ccnc2[nH]1. The zero-order chi connectivity index (χ0) is 22.9. The minimum atomic E-state index is -0.525. The molecule has 0 unspecified atom stereocenters. The van der Waals surface area contributed by atoms with Crippen molar-refractivity contribution in [3.63, 3.8) is 0 Å². The molecule has 2 aromatic heterocycles. The quantitative estimate of drug-likeness (QED) is 0.522. The van der Waals surface area contributed by atoms with E-state index in [1.165, 1.54) is 5.56 Å². The lowest BCUT2D eigenvalue weighted by Gasteiger charge is -2.36. The molecule has 32 heavy (non-hydrogen) atoms. The van der Waals surface area contributed by atoms with Gasteiger partial charge in [0.2, 0.25) is 0 Å². The van der Waals surface area contributed by atoms with E-state index >= 15 is 0 Å². The summed E-state index contributed by atoms with van der Waals surface area (Å²) in [7, 11) is 1.60. The second-order valence-electron chi connectivity index (χ2n) is 8.90. The zero-order valence-corrected chi connectivity index (χ0v) is 19.1. The van der Waals surface area contributed by atoms with Crippen LogP contribution in [0.2, 0.25) is 0 Å². The van der Waals surface area contributed by atoms with Gasteiger partial charge in [0, 0.05) is 18.4 Å². The first-order chi connectivity index (χ1) is 15.2. The average molecular weight is 436 g/mol. The lowest BCUT2D eigenvalue weighted by molar-refractivity contribution is 0.0159. The molecule has 3 heterocycles. The maximum Gasteiger partial charge on any atom is 0.410 e. The highest BCUT2D eigenvalue weighted by atomic mass is 16.6. The van der Waals surface area contributed by atoms with Crippen molar-refractivity contribution in [3.8, 4) is 11.5 Å². The Morgan fingerprint density at radius 1 is 1.25 bits per heavy atom. The Bertz CT molecular complexity index is 1160. The number of pyridine rings is 1. The molecular weight excluding hydrogens is 406 g/mol. The molecule has 0 bridgehead atoms.